The zero-order valence-corrected chi connectivity index (χ0v) is 10.4. The first-order valence-electron chi connectivity index (χ1n) is 5.20. The normalized spacial score (nSPS) is 22.1. The van der Waals surface area contributed by atoms with Gasteiger partial charge in [-0.1, -0.05) is 22.9 Å². The summed E-state index contributed by atoms with van der Waals surface area (Å²) in [6.45, 7) is 1.95. The zero-order chi connectivity index (χ0) is 10.7. The molecule has 1 fully saturated rings. The molecule has 0 aromatic carbocycles. The van der Waals surface area contributed by atoms with Crippen LogP contribution in [0.25, 0.3) is 0 Å². The summed E-state index contributed by atoms with van der Waals surface area (Å²) in [5.74, 6) is 0. The van der Waals surface area contributed by atoms with Gasteiger partial charge in [0.15, 0.2) is 0 Å². The van der Waals surface area contributed by atoms with Crippen molar-refractivity contribution in [3.05, 3.63) is 10.5 Å². The molecule has 1 aromatic heterocycles. The van der Waals surface area contributed by atoms with E-state index in [4.69, 9.17) is 16.3 Å². The van der Waals surface area contributed by atoms with Crippen LogP contribution < -0.4 is 4.74 Å². The van der Waals surface area contributed by atoms with Crippen LogP contribution >= 0.6 is 22.9 Å². The molecule has 1 saturated heterocycles. The Morgan fingerprint density at radius 3 is 3.20 bits per heavy atom. The molecule has 0 bridgehead atoms. The van der Waals surface area contributed by atoms with Crippen LogP contribution in [0.3, 0.4) is 0 Å². The van der Waals surface area contributed by atoms with Gasteiger partial charge in [0.1, 0.15) is 5.15 Å². The van der Waals surface area contributed by atoms with Gasteiger partial charge < -0.3 is 9.64 Å². The molecule has 5 heteroatoms. The van der Waals surface area contributed by atoms with Crippen molar-refractivity contribution >= 4 is 22.9 Å². The van der Waals surface area contributed by atoms with Crippen LogP contribution in [0.1, 0.15) is 19.3 Å². The van der Waals surface area contributed by atoms with Gasteiger partial charge in [0.25, 0.3) is 5.19 Å². The highest BCUT2D eigenvalue weighted by atomic mass is 35.5. The Hall–Kier alpha value is -0.320. The SMILES string of the molecule is CN1CCCC1CCOc1nc(Cl)cs1. The summed E-state index contributed by atoms with van der Waals surface area (Å²) in [6, 6.07) is 0.681. The third kappa shape index (κ3) is 3.06. The maximum atomic E-state index is 5.70. The number of nitrogens with zero attached hydrogens (tertiary/aromatic N) is 2. The van der Waals surface area contributed by atoms with Crippen LogP contribution in [-0.2, 0) is 0 Å². The van der Waals surface area contributed by atoms with Crippen LogP contribution in [0.5, 0.6) is 5.19 Å². The van der Waals surface area contributed by atoms with Gasteiger partial charge in [0.05, 0.1) is 6.61 Å². The molecule has 1 aromatic rings. The molecular formula is C10H15ClN2OS. The van der Waals surface area contributed by atoms with E-state index >= 15 is 0 Å². The summed E-state index contributed by atoms with van der Waals surface area (Å²) in [4.78, 5) is 6.44. The summed E-state index contributed by atoms with van der Waals surface area (Å²) in [5.41, 5.74) is 0. The van der Waals surface area contributed by atoms with E-state index in [0.29, 0.717) is 16.4 Å². The number of halogens is 1. The molecule has 2 rings (SSSR count). The standard InChI is InChI=1S/C10H15ClN2OS/c1-13-5-2-3-8(13)4-6-14-10-12-9(11)7-15-10/h7-8H,2-6H2,1H3. The third-order valence-electron chi connectivity index (χ3n) is 2.80. The van der Waals surface area contributed by atoms with E-state index in [1.807, 2.05) is 0 Å². The van der Waals surface area contributed by atoms with Crippen LogP contribution in [0.15, 0.2) is 5.38 Å². The van der Waals surface area contributed by atoms with Crippen molar-refractivity contribution < 1.29 is 4.74 Å². The molecule has 0 amide bonds. The van der Waals surface area contributed by atoms with Gasteiger partial charge in [-0.25, -0.2) is 0 Å². The Balaban J connectivity index is 1.70. The number of thiazole rings is 1. The molecule has 1 unspecified atom stereocenters. The van der Waals surface area contributed by atoms with Crippen molar-refractivity contribution in [1.82, 2.24) is 9.88 Å². The van der Waals surface area contributed by atoms with Gasteiger partial charge in [0.2, 0.25) is 0 Å². The molecule has 1 aliphatic heterocycles. The fourth-order valence-electron chi connectivity index (χ4n) is 1.93. The summed E-state index contributed by atoms with van der Waals surface area (Å²) in [5, 5.41) is 2.99. The minimum atomic E-state index is 0.521. The average Bonchev–Trinajstić information content (AvgIpc) is 2.77. The van der Waals surface area contributed by atoms with Crippen LogP contribution in [0.2, 0.25) is 5.15 Å². The van der Waals surface area contributed by atoms with E-state index in [1.54, 1.807) is 5.38 Å². The lowest BCUT2D eigenvalue weighted by molar-refractivity contribution is 0.233. The van der Waals surface area contributed by atoms with Crippen molar-refractivity contribution in [1.29, 1.82) is 0 Å². The van der Waals surface area contributed by atoms with E-state index < -0.39 is 0 Å². The molecule has 15 heavy (non-hydrogen) atoms. The minimum absolute atomic E-state index is 0.521. The van der Waals surface area contributed by atoms with E-state index in [9.17, 15) is 0 Å². The summed E-state index contributed by atoms with van der Waals surface area (Å²) in [6.07, 6.45) is 3.68. The Bertz CT molecular complexity index is 318. The second-order valence-electron chi connectivity index (χ2n) is 3.85. The molecular weight excluding hydrogens is 232 g/mol. The van der Waals surface area contributed by atoms with Crippen molar-refractivity contribution in [2.24, 2.45) is 0 Å². The predicted octanol–water partition coefficient (Wildman–Crippen LogP) is 2.66. The molecule has 0 N–H and O–H groups in total. The lowest BCUT2D eigenvalue weighted by atomic mass is 10.2. The third-order valence-corrected chi connectivity index (χ3v) is 3.88. The van der Waals surface area contributed by atoms with E-state index in [1.165, 1.54) is 30.7 Å². The number of ether oxygens (including phenoxy) is 1. The van der Waals surface area contributed by atoms with Gasteiger partial charge in [-0.05, 0) is 32.9 Å². The van der Waals surface area contributed by atoms with Gasteiger partial charge in [-0.2, -0.15) is 4.98 Å². The fourth-order valence-corrected chi connectivity index (χ4v) is 2.75. The molecule has 0 spiro atoms. The maximum Gasteiger partial charge on any atom is 0.274 e. The zero-order valence-electron chi connectivity index (χ0n) is 8.78. The minimum Gasteiger partial charge on any atom is -0.470 e. The first kappa shape index (κ1) is 11.2. The Labute approximate surface area is 99.0 Å². The highest BCUT2D eigenvalue weighted by molar-refractivity contribution is 7.11. The lowest BCUT2D eigenvalue weighted by Gasteiger charge is -2.18. The molecule has 1 atom stereocenters. The van der Waals surface area contributed by atoms with Crippen LogP contribution in [0, 0.1) is 0 Å². The topological polar surface area (TPSA) is 25.4 Å². The van der Waals surface area contributed by atoms with Crippen molar-refractivity contribution in [2.45, 2.75) is 25.3 Å². The fraction of sp³-hybridized carbons (Fsp3) is 0.700. The molecule has 0 saturated carbocycles. The summed E-state index contributed by atoms with van der Waals surface area (Å²) < 4.78 is 5.53. The lowest BCUT2D eigenvalue weighted by Crippen LogP contribution is -2.26. The van der Waals surface area contributed by atoms with E-state index in [-0.39, 0.29) is 0 Å². The number of hydrogen-bond donors (Lipinski definition) is 0. The molecule has 1 aliphatic rings. The number of aromatic nitrogens is 1. The monoisotopic (exact) mass is 246 g/mol. The van der Waals surface area contributed by atoms with Gasteiger partial charge >= 0.3 is 0 Å². The summed E-state index contributed by atoms with van der Waals surface area (Å²) >= 11 is 7.15. The maximum absolute atomic E-state index is 5.70. The molecule has 0 radical (unpaired) electrons. The second-order valence-corrected chi connectivity index (χ2v) is 5.06. The number of hydrogen-bond acceptors (Lipinski definition) is 4. The van der Waals surface area contributed by atoms with Gasteiger partial charge in [0, 0.05) is 11.4 Å². The van der Waals surface area contributed by atoms with Crippen molar-refractivity contribution in [3.63, 3.8) is 0 Å². The molecule has 84 valence electrons. The first-order chi connectivity index (χ1) is 7.25. The van der Waals surface area contributed by atoms with Crippen LogP contribution in [-0.4, -0.2) is 36.1 Å². The molecule has 3 nitrogen and oxygen atoms in total. The Kier molecular flexibility index (Phi) is 3.83. The van der Waals surface area contributed by atoms with Crippen molar-refractivity contribution in [3.8, 4) is 5.19 Å². The van der Waals surface area contributed by atoms with Crippen LogP contribution in [0.4, 0.5) is 0 Å². The van der Waals surface area contributed by atoms with Crippen molar-refractivity contribution in [2.75, 3.05) is 20.2 Å². The Morgan fingerprint density at radius 1 is 1.73 bits per heavy atom. The highest BCUT2D eigenvalue weighted by Crippen LogP contribution is 2.22. The highest BCUT2D eigenvalue weighted by Gasteiger charge is 2.20. The number of rotatable bonds is 4. The van der Waals surface area contributed by atoms with E-state index in [0.717, 1.165) is 13.0 Å². The Morgan fingerprint density at radius 2 is 2.60 bits per heavy atom. The van der Waals surface area contributed by atoms with Gasteiger partial charge in [-0.15, -0.1) is 0 Å². The smallest absolute Gasteiger partial charge is 0.274 e. The van der Waals surface area contributed by atoms with E-state index in [2.05, 4.69) is 16.9 Å². The average molecular weight is 247 g/mol. The molecule has 0 aliphatic carbocycles. The number of likely N-dealkylation sites (tertiary alicyclic amines) is 1. The first-order valence-corrected chi connectivity index (χ1v) is 6.45. The predicted molar refractivity (Wildman–Crippen MR) is 62.9 cm³/mol. The van der Waals surface area contributed by atoms with Gasteiger partial charge in [-0.3, -0.25) is 0 Å². The summed E-state index contributed by atoms with van der Waals surface area (Å²) in [7, 11) is 2.18. The second kappa shape index (κ2) is 5.14. The largest absolute Gasteiger partial charge is 0.470 e. The quantitative estimate of drug-likeness (QED) is 0.817. The molecule has 2 heterocycles.